The van der Waals surface area contributed by atoms with Gasteiger partial charge in [-0.3, -0.25) is 9.59 Å². The lowest BCUT2D eigenvalue weighted by Gasteiger charge is -2.32. The Morgan fingerprint density at radius 3 is 2.47 bits per heavy atom. The van der Waals surface area contributed by atoms with Crippen LogP contribution in [-0.4, -0.2) is 43.7 Å². The van der Waals surface area contributed by atoms with Crippen LogP contribution in [0.4, 0.5) is 5.69 Å². The molecule has 1 heterocycles. The summed E-state index contributed by atoms with van der Waals surface area (Å²) in [5.74, 6) is -0.818. The summed E-state index contributed by atoms with van der Waals surface area (Å²) in [7, 11) is -3.59. The zero-order valence-corrected chi connectivity index (χ0v) is 19.0. The molecule has 1 atom stereocenters. The maximum Gasteiger partial charge on any atom is 0.251 e. The molecule has 0 bridgehead atoms. The average Bonchev–Trinajstić information content (AvgIpc) is 2.74. The Labute approximate surface area is 185 Å². The fourth-order valence-electron chi connectivity index (χ4n) is 3.36. The molecule has 1 aliphatic rings. The highest BCUT2D eigenvalue weighted by Crippen LogP contribution is 2.25. The molecule has 0 spiro atoms. The van der Waals surface area contributed by atoms with E-state index in [1.165, 1.54) is 28.6 Å². The van der Waals surface area contributed by atoms with Crippen LogP contribution in [0.1, 0.15) is 36.5 Å². The van der Waals surface area contributed by atoms with Crippen LogP contribution < -0.4 is 10.6 Å². The monoisotopic (exact) mass is 493 g/mol. The number of carbonyl (C=O) groups is 2. The number of sulfonamides is 1. The van der Waals surface area contributed by atoms with Gasteiger partial charge in [0.15, 0.2) is 0 Å². The van der Waals surface area contributed by atoms with Gasteiger partial charge in [-0.25, -0.2) is 8.42 Å². The molecule has 2 aromatic carbocycles. The summed E-state index contributed by atoms with van der Waals surface area (Å²) in [6.07, 6.45) is 2.73. The fraction of sp³-hybridized carbons (Fsp3) is 0.333. The van der Waals surface area contributed by atoms with Crippen molar-refractivity contribution >= 4 is 43.5 Å². The zero-order valence-electron chi connectivity index (χ0n) is 16.6. The summed E-state index contributed by atoms with van der Waals surface area (Å²) in [6.45, 7) is 2.22. The Bertz CT molecular complexity index is 1020. The van der Waals surface area contributed by atoms with Gasteiger partial charge in [0, 0.05) is 22.6 Å². The third-order valence-electron chi connectivity index (χ3n) is 5.02. The number of amides is 2. The number of nitrogens with one attached hydrogen (secondary N) is 2. The minimum absolute atomic E-state index is 0.0325. The van der Waals surface area contributed by atoms with Crippen LogP contribution in [0.2, 0.25) is 0 Å². The smallest absolute Gasteiger partial charge is 0.251 e. The lowest BCUT2D eigenvalue weighted by atomic mass is 10.1. The van der Waals surface area contributed by atoms with E-state index in [2.05, 4.69) is 26.6 Å². The summed E-state index contributed by atoms with van der Waals surface area (Å²) in [5, 5.41) is 5.24. The first kappa shape index (κ1) is 22.5. The first-order chi connectivity index (χ1) is 14.3. The third-order valence-corrected chi connectivity index (χ3v) is 7.74. The van der Waals surface area contributed by atoms with Crippen LogP contribution in [0.15, 0.2) is 57.9 Å². The fourth-order valence-corrected chi connectivity index (χ4v) is 5.45. The number of carbonyl (C=O) groups excluding carboxylic acids is 2. The van der Waals surface area contributed by atoms with Crippen LogP contribution in [0.25, 0.3) is 0 Å². The van der Waals surface area contributed by atoms with Crippen LogP contribution >= 0.6 is 15.9 Å². The van der Waals surface area contributed by atoms with E-state index in [-0.39, 0.29) is 29.0 Å². The van der Waals surface area contributed by atoms with E-state index in [9.17, 15) is 18.0 Å². The number of anilines is 1. The highest BCUT2D eigenvalue weighted by molar-refractivity contribution is 9.10. The summed E-state index contributed by atoms with van der Waals surface area (Å²) in [4.78, 5) is 24.5. The van der Waals surface area contributed by atoms with Gasteiger partial charge in [0.1, 0.15) is 0 Å². The van der Waals surface area contributed by atoms with Crippen molar-refractivity contribution in [3.63, 3.8) is 0 Å². The molecule has 2 aromatic rings. The van der Waals surface area contributed by atoms with Gasteiger partial charge >= 0.3 is 0 Å². The molecule has 7 nitrogen and oxygen atoms in total. The van der Waals surface area contributed by atoms with Gasteiger partial charge in [-0.05, 0) is 72.1 Å². The Balaban J connectivity index is 1.59. The number of nitrogens with zero attached hydrogens (tertiary/aromatic N) is 1. The van der Waals surface area contributed by atoms with Gasteiger partial charge in [0.25, 0.3) is 5.91 Å². The molecule has 2 N–H and O–H groups in total. The van der Waals surface area contributed by atoms with Gasteiger partial charge in [0.2, 0.25) is 15.9 Å². The largest absolute Gasteiger partial charge is 0.343 e. The number of piperidine rings is 1. The van der Waals surface area contributed by atoms with E-state index >= 15 is 0 Å². The van der Waals surface area contributed by atoms with Crippen molar-refractivity contribution in [1.82, 2.24) is 9.62 Å². The second-order valence-electron chi connectivity index (χ2n) is 7.20. The highest BCUT2D eigenvalue weighted by Gasteiger charge is 2.30. The molecular formula is C21H24BrN3O4S. The van der Waals surface area contributed by atoms with Crippen molar-refractivity contribution in [1.29, 1.82) is 0 Å². The zero-order chi connectivity index (χ0) is 21.7. The molecular weight excluding hydrogens is 470 g/mol. The van der Waals surface area contributed by atoms with E-state index in [1.807, 2.05) is 13.0 Å². The minimum atomic E-state index is -3.59. The summed E-state index contributed by atoms with van der Waals surface area (Å²) >= 11 is 3.34. The molecule has 0 aromatic heterocycles. The molecule has 2 amide bonds. The van der Waals surface area contributed by atoms with Crippen molar-refractivity contribution in [3.8, 4) is 0 Å². The first-order valence-electron chi connectivity index (χ1n) is 9.73. The minimum Gasteiger partial charge on any atom is -0.343 e. The Kier molecular flexibility index (Phi) is 7.27. The van der Waals surface area contributed by atoms with E-state index in [0.29, 0.717) is 12.2 Å². The molecule has 3 rings (SSSR count). The Hall–Kier alpha value is -2.23. The quantitative estimate of drug-likeness (QED) is 0.644. The van der Waals surface area contributed by atoms with Gasteiger partial charge in [-0.15, -0.1) is 0 Å². The number of halogens is 1. The maximum absolute atomic E-state index is 12.9. The maximum atomic E-state index is 12.9. The molecule has 0 unspecified atom stereocenters. The predicted octanol–water partition coefficient (Wildman–Crippen LogP) is 3.38. The van der Waals surface area contributed by atoms with Crippen molar-refractivity contribution in [3.05, 3.63) is 58.6 Å². The number of hydrogen-bond donors (Lipinski definition) is 2. The lowest BCUT2D eigenvalue weighted by Crippen LogP contribution is -2.41. The second-order valence-corrected chi connectivity index (χ2v) is 9.94. The number of rotatable bonds is 6. The highest BCUT2D eigenvalue weighted by atomic mass is 79.9. The van der Waals surface area contributed by atoms with E-state index in [1.54, 1.807) is 18.2 Å². The third kappa shape index (κ3) is 5.27. The molecule has 0 radical (unpaired) electrons. The summed E-state index contributed by atoms with van der Waals surface area (Å²) in [6, 6.07) is 12.9. The first-order valence-corrected chi connectivity index (χ1v) is 12.0. The van der Waals surface area contributed by atoms with Crippen LogP contribution in [-0.2, 0) is 14.8 Å². The normalized spacial score (nSPS) is 17.3. The predicted molar refractivity (Wildman–Crippen MR) is 119 cm³/mol. The van der Waals surface area contributed by atoms with Gasteiger partial charge in [-0.1, -0.05) is 18.6 Å². The van der Waals surface area contributed by atoms with Gasteiger partial charge in [-0.2, -0.15) is 4.31 Å². The van der Waals surface area contributed by atoms with E-state index < -0.39 is 15.9 Å². The molecule has 1 aliphatic heterocycles. The van der Waals surface area contributed by atoms with Crippen LogP contribution in [0, 0.1) is 0 Å². The molecule has 1 fully saturated rings. The van der Waals surface area contributed by atoms with E-state index in [4.69, 9.17) is 0 Å². The lowest BCUT2D eigenvalue weighted by molar-refractivity contribution is -0.115. The number of para-hydroxylation sites is 1. The Morgan fingerprint density at radius 2 is 1.80 bits per heavy atom. The molecule has 160 valence electrons. The summed E-state index contributed by atoms with van der Waals surface area (Å²) in [5.41, 5.74) is 0.896. The molecule has 1 saturated heterocycles. The van der Waals surface area contributed by atoms with Crippen LogP contribution in [0.5, 0.6) is 0 Å². The number of hydrogen-bond acceptors (Lipinski definition) is 4. The molecule has 30 heavy (non-hydrogen) atoms. The van der Waals surface area contributed by atoms with E-state index in [0.717, 1.165) is 23.7 Å². The SMILES string of the molecule is C[C@@H]1CCCCN1S(=O)(=O)c1ccc(C(=O)NCC(=O)Nc2ccccc2Br)cc1. The topological polar surface area (TPSA) is 95.6 Å². The standard InChI is InChI=1S/C21H24BrN3O4S/c1-15-6-4-5-13-25(15)30(28,29)17-11-9-16(10-12-17)21(27)23-14-20(26)24-19-8-3-2-7-18(19)22/h2-3,7-12,15H,4-6,13-14H2,1H3,(H,23,27)(H,24,26)/t15-/m1/s1. The van der Waals surface area contributed by atoms with Gasteiger partial charge < -0.3 is 10.6 Å². The van der Waals surface area contributed by atoms with Crippen molar-refractivity contribution < 1.29 is 18.0 Å². The van der Waals surface area contributed by atoms with Crippen molar-refractivity contribution in [2.75, 3.05) is 18.4 Å². The van der Waals surface area contributed by atoms with Crippen LogP contribution in [0.3, 0.4) is 0 Å². The average molecular weight is 494 g/mol. The van der Waals surface area contributed by atoms with Gasteiger partial charge in [0.05, 0.1) is 17.1 Å². The molecule has 9 heteroatoms. The summed E-state index contributed by atoms with van der Waals surface area (Å²) < 4.78 is 28.0. The van der Waals surface area contributed by atoms with Crippen molar-refractivity contribution in [2.45, 2.75) is 37.1 Å². The Morgan fingerprint density at radius 1 is 1.10 bits per heavy atom. The molecule has 0 aliphatic carbocycles. The molecule has 0 saturated carbocycles. The second kappa shape index (κ2) is 9.72. The number of benzene rings is 2. The van der Waals surface area contributed by atoms with Crippen molar-refractivity contribution in [2.24, 2.45) is 0 Å².